The van der Waals surface area contributed by atoms with Crippen LogP contribution in [0, 0.1) is 11.5 Å². The van der Waals surface area contributed by atoms with Gasteiger partial charge in [-0.2, -0.15) is 0 Å². The molecule has 1 aromatic rings. The van der Waals surface area contributed by atoms with Crippen molar-refractivity contribution >= 4 is 0 Å². The van der Waals surface area contributed by atoms with Crippen molar-refractivity contribution in [3.8, 4) is 17.8 Å². The molecule has 0 radical (unpaired) electrons. The van der Waals surface area contributed by atoms with Gasteiger partial charge < -0.3 is 9.84 Å². The summed E-state index contributed by atoms with van der Waals surface area (Å²) >= 11 is 0. The van der Waals surface area contributed by atoms with Crippen molar-refractivity contribution in [2.24, 2.45) is 0 Å². The molecule has 0 atom stereocenters. The molecule has 0 aliphatic rings. The minimum atomic E-state index is -0.0240. The van der Waals surface area contributed by atoms with Gasteiger partial charge in [0.05, 0.1) is 0 Å². The first-order valence-corrected chi connectivity index (χ1v) is 2.68. The summed E-state index contributed by atoms with van der Waals surface area (Å²) in [5.41, 5.74) is 0. The highest BCUT2D eigenvalue weighted by Crippen LogP contribution is 2.23. The summed E-state index contributed by atoms with van der Waals surface area (Å²) < 4.78 is 4.39. The van der Waals surface area contributed by atoms with Crippen LogP contribution in [0.5, 0.6) is 11.5 Å². The second-order valence-corrected chi connectivity index (χ2v) is 1.66. The van der Waals surface area contributed by atoms with Crippen LogP contribution < -0.4 is 4.74 Å². The molecule has 10 heavy (non-hydrogen) atoms. The topological polar surface area (TPSA) is 53.2 Å². The van der Waals surface area contributed by atoms with Crippen molar-refractivity contribution in [3.63, 3.8) is 0 Å². The number of para-hydroxylation sites is 2. The van der Waals surface area contributed by atoms with Gasteiger partial charge in [0.2, 0.25) is 0 Å². The summed E-state index contributed by atoms with van der Waals surface area (Å²) in [6.45, 7) is 0. The third-order valence-corrected chi connectivity index (χ3v) is 1.02. The maximum Gasteiger partial charge on any atom is 0.292 e. The van der Waals surface area contributed by atoms with Crippen molar-refractivity contribution in [2.45, 2.75) is 0 Å². The van der Waals surface area contributed by atoms with Gasteiger partial charge in [-0.05, 0) is 12.1 Å². The number of phenolic OH excluding ortho intramolecular Hbond substituents is 1. The van der Waals surface area contributed by atoms with Gasteiger partial charge in [-0.3, -0.25) is 0 Å². The average molecular weight is 135 g/mol. The molecule has 0 aliphatic carbocycles. The fourth-order valence-electron chi connectivity index (χ4n) is 0.593. The lowest BCUT2D eigenvalue weighted by molar-refractivity contribution is 0.421. The third-order valence-electron chi connectivity index (χ3n) is 1.02. The number of phenols is 1. The molecule has 0 aliphatic heterocycles. The van der Waals surface area contributed by atoms with Gasteiger partial charge in [-0.15, -0.1) is 5.26 Å². The Morgan fingerprint density at radius 3 is 2.70 bits per heavy atom. The van der Waals surface area contributed by atoms with Crippen LogP contribution in [0.1, 0.15) is 0 Å². The number of nitrogens with zero attached hydrogens (tertiary/aromatic N) is 1. The maximum atomic E-state index is 8.97. The molecule has 1 aromatic carbocycles. The van der Waals surface area contributed by atoms with E-state index in [1.54, 1.807) is 12.1 Å². The molecule has 50 valence electrons. The molecule has 1 N–H and O–H groups in total. The molecule has 0 bridgehead atoms. The lowest BCUT2D eigenvalue weighted by Gasteiger charge is -1.96. The highest BCUT2D eigenvalue weighted by molar-refractivity contribution is 5.38. The summed E-state index contributed by atoms with van der Waals surface area (Å²) in [5, 5.41) is 17.0. The van der Waals surface area contributed by atoms with E-state index in [4.69, 9.17) is 10.4 Å². The number of benzene rings is 1. The largest absolute Gasteiger partial charge is 0.504 e. The van der Waals surface area contributed by atoms with Crippen molar-refractivity contribution in [3.05, 3.63) is 24.3 Å². The number of nitriles is 1. The van der Waals surface area contributed by atoms with Crippen LogP contribution in [0.15, 0.2) is 24.3 Å². The van der Waals surface area contributed by atoms with Gasteiger partial charge in [-0.25, -0.2) is 0 Å². The Balaban J connectivity index is 2.94. The lowest BCUT2D eigenvalue weighted by atomic mass is 10.3. The van der Waals surface area contributed by atoms with Crippen LogP contribution in [0.3, 0.4) is 0 Å². The maximum absolute atomic E-state index is 8.97. The van der Waals surface area contributed by atoms with Gasteiger partial charge in [0.25, 0.3) is 6.26 Å². The van der Waals surface area contributed by atoms with Crippen LogP contribution in [0.25, 0.3) is 0 Å². The van der Waals surface area contributed by atoms with E-state index in [9.17, 15) is 0 Å². The zero-order valence-electron chi connectivity index (χ0n) is 5.11. The number of ether oxygens (including phenoxy) is 1. The predicted octanol–water partition coefficient (Wildman–Crippen LogP) is 1.25. The molecular weight excluding hydrogens is 130 g/mol. The van der Waals surface area contributed by atoms with Gasteiger partial charge in [0, 0.05) is 0 Å². The number of hydrogen-bond donors (Lipinski definition) is 1. The van der Waals surface area contributed by atoms with E-state index in [0.29, 0.717) is 0 Å². The second-order valence-electron chi connectivity index (χ2n) is 1.66. The fourth-order valence-corrected chi connectivity index (χ4v) is 0.593. The Labute approximate surface area is 58.1 Å². The standard InChI is InChI=1S/C7H5NO2/c8-5-10-7-4-2-1-3-6(7)9/h1-4,9H. The van der Waals surface area contributed by atoms with Crippen LogP contribution in [-0.2, 0) is 0 Å². The molecule has 0 amide bonds. The molecular formula is C7H5NO2. The summed E-state index contributed by atoms with van der Waals surface area (Å²) in [7, 11) is 0. The van der Waals surface area contributed by atoms with E-state index >= 15 is 0 Å². The highest BCUT2D eigenvalue weighted by atomic mass is 16.5. The van der Waals surface area contributed by atoms with Crippen LogP contribution in [0.4, 0.5) is 0 Å². The summed E-state index contributed by atoms with van der Waals surface area (Å²) in [6, 6.07) is 6.29. The van der Waals surface area contributed by atoms with E-state index in [2.05, 4.69) is 4.74 Å². The average Bonchev–Trinajstić information content (AvgIpc) is 1.94. The molecule has 0 fully saturated rings. The smallest absolute Gasteiger partial charge is 0.292 e. The fraction of sp³-hybridized carbons (Fsp3) is 0. The van der Waals surface area contributed by atoms with Crippen molar-refractivity contribution in [1.82, 2.24) is 0 Å². The minimum absolute atomic E-state index is 0.0240. The third kappa shape index (κ3) is 1.17. The number of aromatic hydroxyl groups is 1. The predicted molar refractivity (Wildman–Crippen MR) is 34.3 cm³/mol. The molecule has 1 rings (SSSR count). The van der Waals surface area contributed by atoms with E-state index < -0.39 is 0 Å². The number of hydrogen-bond acceptors (Lipinski definition) is 3. The van der Waals surface area contributed by atoms with Gasteiger partial charge in [0.1, 0.15) is 0 Å². The molecule has 0 saturated heterocycles. The van der Waals surface area contributed by atoms with Gasteiger partial charge >= 0.3 is 0 Å². The molecule has 3 nitrogen and oxygen atoms in total. The van der Waals surface area contributed by atoms with Crippen LogP contribution >= 0.6 is 0 Å². The second kappa shape index (κ2) is 2.74. The van der Waals surface area contributed by atoms with Crippen molar-refractivity contribution in [1.29, 1.82) is 5.26 Å². The SMILES string of the molecule is N#COc1ccccc1O. The molecule has 0 saturated carbocycles. The van der Waals surface area contributed by atoms with E-state index in [1.165, 1.54) is 18.4 Å². The van der Waals surface area contributed by atoms with E-state index in [0.717, 1.165) is 0 Å². The minimum Gasteiger partial charge on any atom is -0.504 e. The van der Waals surface area contributed by atoms with E-state index in [-0.39, 0.29) is 11.5 Å². The summed E-state index contributed by atoms with van der Waals surface area (Å²) in [4.78, 5) is 0. The summed E-state index contributed by atoms with van der Waals surface area (Å²) in [6.07, 6.45) is 1.46. The Kier molecular flexibility index (Phi) is 1.76. The first-order chi connectivity index (χ1) is 4.84. The van der Waals surface area contributed by atoms with E-state index in [1.807, 2.05) is 0 Å². The summed E-state index contributed by atoms with van der Waals surface area (Å²) in [5.74, 6) is 0.161. The van der Waals surface area contributed by atoms with Crippen molar-refractivity contribution < 1.29 is 9.84 Å². The monoisotopic (exact) mass is 135 g/mol. The first kappa shape index (κ1) is 6.43. The molecule has 0 unspecified atom stereocenters. The zero-order valence-corrected chi connectivity index (χ0v) is 5.11. The first-order valence-electron chi connectivity index (χ1n) is 2.68. The zero-order chi connectivity index (χ0) is 7.40. The van der Waals surface area contributed by atoms with Crippen molar-refractivity contribution in [2.75, 3.05) is 0 Å². The lowest BCUT2D eigenvalue weighted by Crippen LogP contribution is -1.80. The van der Waals surface area contributed by atoms with Crippen LogP contribution in [-0.4, -0.2) is 5.11 Å². The Bertz CT molecular complexity index is 265. The molecule has 3 heteroatoms. The Morgan fingerprint density at radius 2 is 2.10 bits per heavy atom. The molecule has 0 aromatic heterocycles. The Hall–Kier alpha value is -1.69. The van der Waals surface area contributed by atoms with Gasteiger partial charge in [0.15, 0.2) is 11.5 Å². The Morgan fingerprint density at radius 1 is 1.40 bits per heavy atom. The normalized spacial score (nSPS) is 8.30. The highest BCUT2D eigenvalue weighted by Gasteiger charge is 1.97. The number of rotatable bonds is 1. The quantitative estimate of drug-likeness (QED) is 0.589. The van der Waals surface area contributed by atoms with Crippen LogP contribution in [0.2, 0.25) is 0 Å². The van der Waals surface area contributed by atoms with Gasteiger partial charge in [-0.1, -0.05) is 12.1 Å². The molecule has 0 spiro atoms. The molecule has 0 heterocycles.